The molecule has 0 unspecified atom stereocenters. The monoisotopic (exact) mass is 352 g/mol. The molecule has 0 saturated carbocycles. The maximum absolute atomic E-state index is 13.5. The summed E-state index contributed by atoms with van der Waals surface area (Å²) in [5.41, 5.74) is 6.57. The molecule has 0 aliphatic rings. The van der Waals surface area contributed by atoms with Crippen molar-refractivity contribution in [3.8, 4) is 5.75 Å². The zero-order valence-electron chi connectivity index (χ0n) is 13.4. The number of hydrogen-bond acceptors (Lipinski definition) is 3. The second-order valence-corrected chi connectivity index (χ2v) is 5.16. The van der Waals surface area contributed by atoms with Crippen LogP contribution in [0.4, 0.5) is 4.39 Å². The van der Waals surface area contributed by atoms with Crippen molar-refractivity contribution in [3.05, 3.63) is 66.0 Å². The molecule has 24 heavy (non-hydrogen) atoms. The Kier molecular flexibility index (Phi) is 8.83. The second-order valence-electron chi connectivity index (χ2n) is 5.16. The number of hydrogen-bond donors (Lipinski definition) is 1. The SMILES string of the molecule is Cl.NCCCN(Cc1ccccc1)C(=O)COc1ccccc1F. The Labute approximate surface area is 147 Å². The third-order valence-electron chi connectivity index (χ3n) is 3.39. The van der Waals surface area contributed by atoms with Gasteiger partial charge in [0.05, 0.1) is 0 Å². The second kappa shape index (κ2) is 10.6. The van der Waals surface area contributed by atoms with E-state index in [1.807, 2.05) is 30.3 Å². The number of para-hydroxylation sites is 1. The highest BCUT2D eigenvalue weighted by atomic mass is 35.5. The molecule has 0 spiro atoms. The summed E-state index contributed by atoms with van der Waals surface area (Å²) in [5.74, 6) is -0.582. The normalized spacial score (nSPS) is 9.92. The highest BCUT2D eigenvalue weighted by molar-refractivity contribution is 5.85. The van der Waals surface area contributed by atoms with Gasteiger partial charge in [-0.3, -0.25) is 4.79 Å². The van der Waals surface area contributed by atoms with E-state index in [9.17, 15) is 9.18 Å². The van der Waals surface area contributed by atoms with Crippen LogP contribution in [-0.2, 0) is 11.3 Å². The maximum atomic E-state index is 13.5. The molecule has 6 heteroatoms. The Morgan fingerprint density at radius 1 is 1.08 bits per heavy atom. The van der Waals surface area contributed by atoms with Crippen LogP contribution in [0, 0.1) is 5.82 Å². The van der Waals surface area contributed by atoms with Crippen molar-refractivity contribution in [1.82, 2.24) is 4.90 Å². The third kappa shape index (κ3) is 6.18. The molecule has 0 radical (unpaired) electrons. The molecule has 4 nitrogen and oxygen atoms in total. The number of benzene rings is 2. The largest absolute Gasteiger partial charge is 0.481 e. The summed E-state index contributed by atoms with van der Waals surface area (Å²) < 4.78 is 18.8. The zero-order valence-corrected chi connectivity index (χ0v) is 14.2. The average Bonchev–Trinajstić information content (AvgIpc) is 2.58. The smallest absolute Gasteiger partial charge is 0.260 e. The fourth-order valence-corrected chi connectivity index (χ4v) is 2.17. The van der Waals surface area contributed by atoms with Crippen LogP contribution < -0.4 is 10.5 Å². The molecule has 2 N–H and O–H groups in total. The van der Waals surface area contributed by atoms with Crippen LogP contribution in [0.3, 0.4) is 0 Å². The van der Waals surface area contributed by atoms with Crippen LogP contribution >= 0.6 is 12.4 Å². The van der Waals surface area contributed by atoms with E-state index in [0.717, 1.165) is 5.56 Å². The van der Waals surface area contributed by atoms with Crippen molar-refractivity contribution in [2.75, 3.05) is 19.7 Å². The van der Waals surface area contributed by atoms with Gasteiger partial charge in [-0.25, -0.2) is 4.39 Å². The maximum Gasteiger partial charge on any atom is 0.260 e. The molecule has 1 amide bonds. The summed E-state index contributed by atoms with van der Waals surface area (Å²) in [6, 6.07) is 15.7. The summed E-state index contributed by atoms with van der Waals surface area (Å²) in [6.07, 6.45) is 0.707. The first kappa shape index (κ1) is 19.9. The molecular formula is C18H22ClFN2O2. The van der Waals surface area contributed by atoms with Crippen molar-refractivity contribution in [3.63, 3.8) is 0 Å². The molecule has 2 aromatic carbocycles. The quantitative estimate of drug-likeness (QED) is 0.794. The minimum atomic E-state index is -0.475. The molecule has 0 heterocycles. The Bertz CT molecular complexity index is 625. The fraction of sp³-hybridized carbons (Fsp3) is 0.278. The number of carbonyl (C=O) groups excluding carboxylic acids is 1. The van der Waals surface area contributed by atoms with Gasteiger partial charge in [-0.2, -0.15) is 0 Å². The molecule has 0 fully saturated rings. The molecule has 0 aliphatic heterocycles. The van der Waals surface area contributed by atoms with Gasteiger partial charge in [0.15, 0.2) is 18.2 Å². The summed E-state index contributed by atoms with van der Waals surface area (Å²) in [7, 11) is 0. The first-order chi connectivity index (χ1) is 11.2. The van der Waals surface area contributed by atoms with Gasteiger partial charge >= 0.3 is 0 Å². The van der Waals surface area contributed by atoms with Gasteiger partial charge in [-0.05, 0) is 30.7 Å². The van der Waals surface area contributed by atoms with Crippen molar-refractivity contribution in [2.24, 2.45) is 5.73 Å². The van der Waals surface area contributed by atoms with Crippen LogP contribution in [0.5, 0.6) is 5.75 Å². The summed E-state index contributed by atoms with van der Waals surface area (Å²) in [5, 5.41) is 0. The number of amides is 1. The van der Waals surface area contributed by atoms with Crippen molar-refractivity contribution in [2.45, 2.75) is 13.0 Å². The lowest BCUT2D eigenvalue weighted by Crippen LogP contribution is -2.36. The molecule has 0 atom stereocenters. The molecule has 0 saturated heterocycles. The molecule has 0 bridgehead atoms. The number of ether oxygens (including phenoxy) is 1. The summed E-state index contributed by atoms with van der Waals surface area (Å²) >= 11 is 0. The molecular weight excluding hydrogens is 331 g/mol. The van der Waals surface area contributed by atoms with Gasteiger partial charge in [0, 0.05) is 13.1 Å². The number of halogens is 2. The zero-order chi connectivity index (χ0) is 16.5. The van der Waals surface area contributed by atoms with E-state index in [-0.39, 0.29) is 30.7 Å². The van der Waals surface area contributed by atoms with E-state index in [1.165, 1.54) is 12.1 Å². The third-order valence-corrected chi connectivity index (χ3v) is 3.39. The number of nitrogens with two attached hydrogens (primary N) is 1. The Hall–Kier alpha value is -2.11. The summed E-state index contributed by atoms with van der Waals surface area (Å²) in [6.45, 7) is 1.34. The lowest BCUT2D eigenvalue weighted by molar-refractivity contribution is -0.134. The van der Waals surface area contributed by atoms with Gasteiger partial charge in [0.25, 0.3) is 5.91 Å². The van der Waals surface area contributed by atoms with E-state index in [0.29, 0.717) is 26.1 Å². The Morgan fingerprint density at radius 2 is 1.75 bits per heavy atom. The van der Waals surface area contributed by atoms with Crippen LogP contribution in [-0.4, -0.2) is 30.5 Å². The van der Waals surface area contributed by atoms with Gasteiger partial charge in [0.2, 0.25) is 0 Å². The van der Waals surface area contributed by atoms with Crippen LogP contribution in [0.15, 0.2) is 54.6 Å². The fourth-order valence-electron chi connectivity index (χ4n) is 2.17. The van der Waals surface area contributed by atoms with E-state index < -0.39 is 5.82 Å². The predicted octanol–water partition coefficient (Wildman–Crippen LogP) is 3.00. The highest BCUT2D eigenvalue weighted by Gasteiger charge is 2.15. The molecule has 0 aromatic heterocycles. The molecule has 2 rings (SSSR count). The van der Waals surface area contributed by atoms with E-state index in [2.05, 4.69) is 0 Å². The molecule has 130 valence electrons. The first-order valence-corrected chi connectivity index (χ1v) is 7.60. The van der Waals surface area contributed by atoms with Crippen LogP contribution in [0.1, 0.15) is 12.0 Å². The van der Waals surface area contributed by atoms with Gasteiger partial charge in [-0.1, -0.05) is 42.5 Å². The summed E-state index contributed by atoms with van der Waals surface area (Å²) in [4.78, 5) is 14.1. The van der Waals surface area contributed by atoms with Crippen molar-refractivity contribution in [1.29, 1.82) is 0 Å². The minimum Gasteiger partial charge on any atom is -0.481 e. The van der Waals surface area contributed by atoms with Crippen molar-refractivity contribution >= 4 is 18.3 Å². The predicted molar refractivity (Wildman–Crippen MR) is 94.7 cm³/mol. The van der Waals surface area contributed by atoms with E-state index in [1.54, 1.807) is 17.0 Å². The lowest BCUT2D eigenvalue weighted by Gasteiger charge is -2.23. The van der Waals surface area contributed by atoms with Crippen LogP contribution in [0.2, 0.25) is 0 Å². The lowest BCUT2D eigenvalue weighted by atomic mass is 10.2. The number of rotatable bonds is 8. The highest BCUT2D eigenvalue weighted by Crippen LogP contribution is 2.15. The molecule has 2 aromatic rings. The average molecular weight is 353 g/mol. The Morgan fingerprint density at radius 3 is 2.42 bits per heavy atom. The minimum absolute atomic E-state index is 0. The van der Waals surface area contributed by atoms with Gasteiger partial charge < -0.3 is 15.4 Å². The standard InChI is InChI=1S/C18H21FN2O2.ClH/c19-16-9-4-5-10-17(16)23-14-18(22)21(12-6-11-20)13-15-7-2-1-3-8-15;/h1-5,7-10H,6,11-14,20H2;1H. The molecule has 0 aliphatic carbocycles. The van der Waals surface area contributed by atoms with Gasteiger partial charge in [-0.15, -0.1) is 12.4 Å². The van der Waals surface area contributed by atoms with E-state index >= 15 is 0 Å². The Balaban J connectivity index is 0.00000288. The number of nitrogens with zero attached hydrogens (tertiary/aromatic N) is 1. The van der Waals surface area contributed by atoms with Crippen LogP contribution in [0.25, 0.3) is 0 Å². The van der Waals surface area contributed by atoms with E-state index in [4.69, 9.17) is 10.5 Å². The number of carbonyl (C=O) groups is 1. The topological polar surface area (TPSA) is 55.6 Å². The van der Waals surface area contributed by atoms with Crippen molar-refractivity contribution < 1.29 is 13.9 Å². The van der Waals surface area contributed by atoms with Gasteiger partial charge in [0.1, 0.15) is 0 Å². The first-order valence-electron chi connectivity index (χ1n) is 7.60.